The van der Waals surface area contributed by atoms with Gasteiger partial charge in [0.25, 0.3) is 0 Å². The monoisotopic (exact) mass is 276 g/mol. The molecule has 3 aromatic rings. The molecule has 0 saturated heterocycles. The van der Waals surface area contributed by atoms with Gasteiger partial charge in [-0.15, -0.1) is 0 Å². The van der Waals surface area contributed by atoms with Crippen molar-refractivity contribution in [1.82, 2.24) is 4.98 Å². The molecule has 2 nitrogen and oxygen atoms in total. The smallest absolute Gasteiger partial charge is 0.0751 e. The fourth-order valence-corrected chi connectivity index (χ4v) is 2.49. The molecule has 1 N–H and O–H groups in total. The van der Waals surface area contributed by atoms with E-state index in [1.165, 1.54) is 16.5 Å². The number of rotatable bonds is 4. The van der Waals surface area contributed by atoms with Crippen molar-refractivity contribution in [3.8, 4) is 0 Å². The highest BCUT2D eigenvalue weighted by molar-refractivity contribution is 5.81. The van der Waals surface area contributed by atoms with E-state index < -0.39 is 0 Å². The van der Waals surface area contributed by atoms with Crippen molar-refractivity contribution in [3.05, 3.63) is 71.9 Å². The number of para-hydroxylation sites is 1. The van der Waals surface area contributed by atoms with E-state index in [0.29, 0.717) is 5.92 Å². The van der Waals surface area contributed by atoms with Crippen LogP contribution in [0, 0.1) is 0 Å². The van der Waals surface area contributed by atoms with Crippen LogP contribution in [0.1, 0.15) is 30.9 Å². The van der Waals surface area contributed by atoms with Gasteiger partial charge in [-0.1, -0.05) is 50.2 Å². The molecule has 0 fully saturated rings. The van der Waals surface area contributed by atoms with Crippen LogP contribution >= 0.6 is 0 Å². The van der Waals surface area contributed by atoms with Crippen molar-refractivity contribution in [2.45, 2.75) is 26.3 Å². The topological polar surface area (TPSA) is 24.9 Å². The third-order valence-electron chi connectivity index (χ3n) is 3.78. The number of aromatic nitrogens is 1. The lowest BCUT2D eigenvalue weighted by atomic mass is 10.0. The maximum Gasteiger partial charge on any atom is 0.0751 e. The van der Waals surface area contributed by atoms with E-state index in [4.69, 9.17) is 0 Å². The summed E-state index contributed by atoms with van der Waals surface area (Å²) in [5, 5.41) is 4.67. The number of hydrogen-bond acceptors (Lipinski definition) is 2. The molecular weight excluding hydrogens is 256 g/mol. The summed E-state index contributed by atoms with van der Waals surface area (Å²) in [6.07, 6.45) is 1.85. The Morgan fingerprint density at radius 2 is 1.71 bits per heavy atom. The second kappa shape index (κ2) is 5.96. The van der Waals surface area contributed by atoms with Gasteiger partial charge in [-0.2, -0.15) is 0 Å². The van der Waals surface area contributed by atoms with Gasteiger partial charge in [0, 0.05) is 23.8 Å². The van der Waals surface area contributed by atoms with Crippen molar-refractivity contribution in [2.75, 3.05) is 5.32 Å². The third-order valence-corrected chi connectivity index (χ3v) is 3.78. The van der Waals surface area contributed by atoms with Crippen LogP contribution in [0.15, 0.2) is 60.8 Å². The van der Waals surface area contributed by atoms with Crippen LogP contribution in [-0.4, -0.2) is 4.98 Å². The van der Waals surface area contributed by atoms with E-state index in [1.54, 1.807) is 0 Å². The predicted octanol–water partition coefficient (Wildman–Crippen LogP) is 4.97. The van der Waals surface area contributed by atoms with E-state index >= 15 is 0 Å². The van der Waals surface area contributed by atoms with Crippen LogP contribution in [0.25, 0.3) is 10.9 Å². The van der Waals surface area contributed by atoms with Crippen LogP contribution in [0.3, 0.4) is 0 Å². The van der Waals surface area contributed by atoms with Crippen LogP contribution in [0.4, 0.5) is 5.69 Å². The molecule has 2 aromatic carbocycles. The Labute approximate surface area is 125 Å². The summed E-state index contributed by atoms with van der Waals surface area (Å²) in [4.78, 5) is 4.49. The Hall–Kier alpha value is -2.35. The Bertz CT molecular complexity index is 725. The van der Waals surface area contributed by atoms with Gasteiger partial charge in [-0.25, -0.2) is 0 Å². The van der Waals surface area contributed by atoms with E-state index in [-0.39, 0.29) is 0 Å². The van der Waals surface area contributed by atoms with Crippen LogP contribution in [0.2, 0.25) is 0 Å². The quantitative estimate of drug-likeness (QED) is 0.727. The van der Waals surface area contributed by atoms with Crippen molar-refractivity contribution < 1.29 is 0 Å². The van der Waals surface area contributed by atoms with Gasteiger partial charge in [0.15, 0.2) is 0 Å². The maximum atomic E-state index is 4.49. The zero-order valence-electron chi connectivity index (χ0n) is 12.5. The molecule has 0 aliphatic carbocycles. The summed E-state index contributed by atoms with van der Waals surface area (Å²) in [6, 6.07) is 19.1. The van der Waals surface area contributed by atoms with Crippen LogP contribution in [0.5, 0.6) is 0 Å². The molecule has 0 aliphatic rings. The van der Waals surface area contributed by atoms with Crippen molar-refractivity contribution in [1.29, 1.82) is 0 Å². The number of pyridine rings is 1. The maximum absolute atomic E-state index is 4.49. The highest BCUT2D eigenvalue weighted by atomic mass is 14.9. The highest BCUT2D eigenvalue weighted by Crippen LogP contribution is 2.20. The number of benzene rings is 2. The van der Waals surface area contributed by atoms with Crippen molar-refractivity contribution in [3.63, 3.8) is 0 Å². The largest absolute Gasteiger partial charge is 0.381 e. The molecule has 21 heavy (non-hydrogen) atoms. The van der Waals surface area contributed by atoms with E-state index in [2.05, 4.69) is 72.7 Å². The average molecular weight is 276 g/mol. The first-order valence-electron chi connectivity index (χ1n) is 7.40. The molecule has 0 aliphatic heterocycles. The molecule has 1 heterocycles. The number of anilines is 1. The zero-order chi connectivity index (χ0) is 14.7. The minimum absolute atomic E-state index is 0.571. The third kappa shape index (κ3) is 3.05. The van der Waals surface area contributed by atoms with E-state index in [9.17, 15) is 0 Å². The standard InChI is InChI=1S/C19H20N2/c1-14(2)15-8-10-18(11-9-15)21-13-17-6-3-5-16-7-4-12-20-19(16)17/h3-12,14,21H,13H2,1-2H3. The van der Waals surface area contributed by atoms with Gasteiger partial charge >= 0.3 is 0 Å². The summed E-state index contributed by atoms with van der Waals surface area (Å²) < 4.78 is 0. The van der Waals surface area contributed by atoms with E-state index in [0.717, 1.165) is 17.7 Å². The molecular formula is C19H20N2. The highest BCUT2D eigenvalue weighted by Gasteiger charge is 2.02. The molecule has 0 radical (unpaired) electrons. The van der Waals surface area contributed by atoms with Crippen LogP contribution < -0.4 is 5.32 Å². The molecule has 106 valence electrons. The SMILES string of the molecule is CC(C)c1ccc(NCc2cccc3cccnc23)cc1. The number of hydrogen-bond donors (Lipinski definition) is 1. The van der Waals surface area contributed by atoms with E-state index in [1.807, 2.05) is 12.3 Å². The first kappa shape index (κ1) is 13.6. The lowest BCUT2D eigenvalue weighted by Gasteiger charge is -2.10. The molecule has 0 spiro atoms. The molecule has 1 aromatic heterocycles. The fourth-order valence-electron chi connectivity index (χ4n) is 2.49. The lowest BCUT2D eigenvalue weighted by Crippen LogP contribution is -2.01. The zero-order valence-corrected chi connectivity index (χ0v) is 12.5. The van der Waals surface area contributed by atoms with Gasteiger partial charge < -0.3 is 5.32 Å². The van der Waals surface area contributed by atoms with Gasteiger partial charge in [-0.05, 0) is 35.2 Å². The van der Waals surface area contributed by atoms with Crippen LogP contribution in [-0.2, 0) is 6.54 Å². The van der Waals surface area contributed by atoms with Gasteiger partial charge in [0.05, 0.1) is 5.52 Å². The average Bonchev–Trinajstić information content (AvgIpc) is 2.53. The summed E-state index contributed by atoms with van der Waals surface area (Å²) in [5.41, 5.74) is 4.81. The lowest BCUT2D eigenvalue weighted by molar-refractivity contribution is 0.867. The van der Waals surface area contributed by atoms with Gasteiger partial charge in [0.2, 0.25) is 0 Å². The summed E-state index contributed by atoms with van der Waals surface area (Å²) in [5.74, 6) is 0.571. The first-order chi connectivity index (χ1) is 10.2. The predicted molar refractivity (Wildman–Crippen MR) is 89.6 cm³/mol. The second-order valence-corrected chi connectivity index (χ2v) is 5.62. The van der Waals surface area contributed by atoms with Crippen molar-refractivity contribution in [2.24, 2.45) is 0 Å². The first-order valence-corrected chi connectivity index (χ1v) is 7.40. The van der Waals surface area contributed by atoms with Crippen molar-refractivity contribution >= 4 is 16.6 Å². The Morgan fingerprint density at radius 1 is 0.952 bits per heavy atom. The molecule has 3 rings (SSSR count). The number of nitrogens with one attached hydrogen (secondary N) is 1. The molecule has 0 amide bonds. The molecule has 2 heteroatoms. The molecule has 0 unspecified atom stereocenters. The normalized spacial score (nSPS) is 11.0. The summed E-state index contributed by atoms with van der Waals surface area (Å²) in [6.45, 7) is 5.21. The fraction of sp³-hybridized carbons (Fsp3) is 0.211. The molecule has 0 atom stereocenters. The minimum Gasteiger partial charge on any atom is -0.381 e. The van der Waals surface area contributed by atoms with Gasteiger partial charge in [-0.3, -0.25) is 4.98 Å². The minimum atomic E-state index is 0.571. The Morgan fingerprint density at radius 3 is 2.48 bits per heavy atom. The van der Waals surface area contributed by atoms with Gasteiger partial charge in [0.1, 0.15) is 0 Å². The Kier molecular flexibility index (Phi) is 3.87. The second-order valence-electron chi connectivity index (χ2n) is 5.62. The molecule has 0 saturated carbocycles. The summed E-state index contributed by atoms with van der Waals surface area (Å²) >= 11 is 0. The summed E-state index contributed by atoms with van der Waals surface area (Å²) in [7, 11) is 0. The number of fused-ring (bicyclic) bond motifs is 1. The molecule has 0 bridgehead atoms. The number of nitrogens with zero attached hydrogens (tertiary/aromatic N) is 1. The Balaban J connectivity index is 1.77.